The van der Waals surface area contributed by atoms with Crippen LogP contribution in [0.15, 0.2) is 17.4 Å². The number of fused-ring (bicyclic) bond motifs is 1. The van der Waals surface area contributed by atoms with E-state index in [1.165, 1.54) is 12.7 Å². The molecule has 1 saturated heterocycles. The van der Waals surface area contributed by atoms with Crippen LogP contribution in [-0.4, -0.2) is 37.1 Å². The fourth-order valence-corrected chi connectivity index (χ4v) is 2.53. The minimum absolute atomic E-state index is 0.0584. The van der Waals surface area contributed by atoms with Crippen LogP contribution in [0.5, 0.6) is 0 Å². The van der Waals surface area contributed by atoms with E-state index in [1.807, 2.05) is 0 Å². The first-order valence-corrected chi connectivity index (χ1v) is 7.13. The summed E-state index contributed by atoms with van der Waals surface area (Å²) in [6.07, 6.45) is 3.64. The summed E-state index contributed by atoms with van der Waals surface area (Å²) in [6, 6.07) is 0. The quantitative estimate of drug-likeness (QED) is 0.787. The number of imidazole rings is 1. The van der Waals surface area contributed by atoms with Gasteiger partial charge >= 0.3 is 8.25 Å². The largest absolute Gasteiger partial charge is 0.694 e. The molecular weight excluding hydrogens is 287 g/mol. The molecule has 2 aromatic heterocycles. The highest BCUT2D eigenvalue weighted by atomic mass is 31.1. The Kier molecular flexibility index (Phi) is 3.58. The average Bonchev–Trinajstić information content (AvgIpc) is 3.02. The van der Waals surface area contributed by atoms with Gasteiger partial charge in [0.15, 0.2) is 11.2 Å². The van der Waals surface area contributed by atoms with Crippen LogP contribution in [0.2, 0.25) is 0 Å². The third kappa shape index (κ3) is 2.48. The molecule has 0 saturated carbocycles. The van der Waals surface area contributed by atoms with Gasteiger partial charge in [-0.25, -0.2) is 9.97 Å². The lowest BCUT2D eigenvalue weighted by Crippen LogP contribution is -2.15. The first kappa shape index (κ1) is 13.3. The molecular formula is C10H12N4O5P+. The SMILES string of the molecule is O=c1[nH]cnc2c1ncn2[C@H]1CC[C@@H](CO[P+](=O)O)O1. The zero-order chi connectivity index (χ0) is 14.1. The molecule has 0 amide bonds. The number of aromatic nitrogens is 4. The van der Waals surface area contributed by atoms with E-state index in [9.17, 15) is 9.36 Å². The Morgan fingerprint density at radius 2 is 2.40 bits per heavy atom. The lowest BCUT2D eigenvalue weighted by molar-refractivity contribution is -0.0162. The normalized spacial score (nSPS) is 23.4. The second-order valence-corrected chi connectivity index (χ2v) is 5.11. The Labute approximate surface area is 113 Å². The fraction of sp³-hybridized carbons (Fsp3) is 0.500. The maximum atomic E-state index is 11.6. The molecule has 1 fully saturated rings. The van der Waals surface area contributed by atoms with Crippen LogP contribution in [0.3, 0.4) is 0 Å². The molecule has 0 aliphatic carbocycles. The molecule has 1 aliphatic heterocycles. The average molecular weight is 299 g/mol. The summed E-state index contributed by atoms with van der Waals surface area (Å²) in [5.41, 5.74) is 0.409. The van der Waals surface area contributed by atoms with Crippen molar-refractivity contribution in [3.8, 4) is 0 Å². The number of nitrogens with zero attached hydrogens (tertiary/aromatic N) is 3. The van der Waals surface area contributed by atoms with Crippen LogP contribution >= 0.6 is 8.25 Å². The summed E-state index contributed by atoms with van der Waals surface area (Å²) in [6.45, 7) is 0.0584. The predicted molar refractivity (Wildman–Crippen MR) is 67.1 cm³/mol. The van der Waals surface area contributed by atoms with Crippen LogP contribution in [-0.2, 0) is 13.8 Å². The molecule has 0 spiro atoms. The molecule has 2 N–H and O–H groups in total. The van der Waals surface area contributed by atoms with Gasteiger partial charge in [-0.2, -0.15) is 0 Å². The van der Waals surface area contributed by atoms with E-state index in [4.69, 9.17) is 9.63 Å². The maximum Gasteiger partial charge on any atom is 0.694 e. The molecule has 2 aromatic rings. The Morgan fingerprint density at radius 3 is 3.20 bits per heavy atom. The molecule has 20 heavy (non-hydrogen) atoms. The molecule has 0 radical (unpaired) electrons. The number of hydrogen-bond acceptors (Lipinski definition) is 6. The van der Waals surface area contributed by atoms with Crippen molar-refractivity contribution in [1.29, 1.82) is 0 Å². The molecule has 3 rings (SSSR count). The van der Waals surface area contributed by atoms with Crippen LogP contribution in [0.1, 0.15) is 19.1 Å². The zero-order valence-electron chi connectivity index (χ0n) is 10.3. The van der Waals surface area contributed by atoms with Crippen LogP contribution in [0.25, 0.3) is 11.2 Å². The van der Waals surface area contributed by atoms with E-state index >= 15 is 0 Å². The number of aromatic amines is 1. The lowest BCUT2D eigenvalue weighted by Gasteiger charge is -2.13. The summed E-state index contributed by atoms with van der Waals surface area (Å²) in [7, 11) is -2.62. The first-order valence-electron chi connectivity index (χ1n) is 6.00. The monoisotopic (exact) mass is 299 g/mol. The maximum absolute atomic E-state index is 11.6. The van der Waals surface area contributed by atoms with Gasteiger partial charge in [-0.15, -0.1) is 9.42 Å². The Bertz CT molecular complexity index is 698. The van der Waals surface area contributed by atoms with Crippen molar-refractivity contribution in [3.05, 3.63) is 23.0 Å². The Hall–Kier alpha value is -1.67. The minimum atomic E-state index is -2.62. The molecule has 1 aliphatic rings. The first-order chi connectivity index (χ1) is 9.65. The van der Waals surface area contributed by atoms with Crippen molar-refractivity contribution < 1.29 is 18.7 Å². The van der Waals surface area contributed by atoms with Gasteiger partial charge in [0, 0.05) is 4.57 Å². The summed E-state index contributed by atoms with van der Waals surface area (Å²) < 4.78 is 22.5. The fourth-order valence-electron chi connectivity index (χ4n) is 2.23. The summed E-state index contributed by atoms with van der Waals surface area (Å²) in [5.74, 6) is 0. The molecule has 3 atom stereocenters. The molecule has 9 nitrogen and oxygen atoms in total. The third-order valence-corrected chi connectivity index (χ3v) is 3.50. The van der Waals surface area contributed by atoms with E-state index in [2.05, 4.69) is 19.5 Å². The highest BCUT2D eigenvalue weighted by Gasteiger charge is 2.30. The predicted octanol–water partition coefficient (Wildman–Crippen LogP) is 0.463. The second-order valence-electron chi connectivity index (χ2n) is 4.38. The molecule has 10 heteroatoms. The molecule has 3 heterocycles. The van der Waals surface area contributed by atoms with E-state index in [0.29, 0.717) is 18.5 Å². The zero-order valence-corrected chi connectivity index (χ0v) is 11.2. The second kappa shape index (κ2) is 5.37. The van der Waals surface area contributed by atoms with Gasteiger partial charge in [-0.3, -0.25) is 9.36 Å². The molecule has 1 unspecified atom stereocenters. The molecule has 106 valence electrons. The number of ether oxygens (including phenoxy) is 1. The van der Waals surface area contributed by atoms with Gasteiger partial charge in [-0.1, -0.05) is 0 Å². The van der Waals surface area contributed by atoms with Gasteiger partial charge in [0.25, 0.3) is 5.56 Å². The summed E-state index contributed by atoms with van der Waals surface area (Å²) >= 11 is 0. The highest BCUT2D eigenvalue weighted by molar-refractivity contribution is 7.32. The van der Waals surface area contributed by atoms with Crippen LogP contribution in [0, 0.1) is 0 Å². The number of rotatable bonds is 4. The number of hydrogen-bond donors (Lipinski definition) is 2. The Balaban J connectivity index is 1.78. The summed E-state index contributed by atoms with van der Waals surface area (Å²) in [5, 5.41) is 0. The van der Waals surface area contributed by atoms with Crippen molar-refractivity contribution in [2.45, 2.75) is 25.2 Å². The van der Waals surface area contributed by atoms with E-state index in [0.717, 1.165) is 0 Å². The van der Waals surface area contributed by atoms with Crippen molar-refractivity contribution in [3.63, 3.8) is 0 Å². The van der Waals surface area contributed by atoms with Gasteiger partial charge in [0.2, 0.25) is 0 Å². The minimum Gasteiger partial charge on any atom is -0.352 e. The van der Waals surface area contributed by atoms with Crippen molar-refractivity contribution in [1.82, 2.24) is 19.5 Å². The Morgan fingerprint density at radius 1 is 1.55 bits per heavy atom. The van der Waals surface area contributed by atoms with E-state index in [-0.39, 0.29) is 30.0 Å². The molecule has 0 aromatic carbocycles. The van der Waals surface area contributed by atoms with Crippen LogP contribution in [0.4, 0.5) is 0 Å². The van der Waals surface area contributed by atoms with Gasteiger partial charge in [0.1, 0.15) is 12.8 Å². The van der Waals surface area contributed by atoms with Crippen molar-refractivity contribution in [2.75, 3.05) is 6.61 Å². The molecule has 0 bridgehead atoms. The van der Waals surface area contributed by atoms with Gasteiger partial charge < -0.3 is 9.72 Å². The standard InChI is InChI=1S/C10H11N4O5P/c15-10-8-9(11-4-12-10)14(5-13-8)7-2-1-6(19-7)3-18-20(16)17/h4-7H,1-3H2,(H-,11,12,15,16,17)/p+1/t6-,7+/m0/s1. The smallest absolute Gasteiger partial charge is 0.352 e. The van der Waals surface area contributed by atoms with Crippen molar-refractivity contribution >= 4 is 19.4 Å². The lowest BCUT2D eigenvalue weighted by atomic mass is 10.2. The van der Waals surface area contributed by atoms with Gasteiger partial charge in [-0.05, 0) is 12.8 Å². The topological polar surface area (TPSA) is 119 Å². The number of H-pyrrole nitrogens is 1. The van der Waals surface area contributed by atoms with E-state index in [1.54, 1.807) is 4.57 Å². The van der Waals surface area contributed by atoms with E-state index < -0.39 is 8.25 Å². The highest BCUT2D eigenvalue weighted by Crippen LogP contribution is 2.31. The van der Waals surface area contributed by atoms with Gasteiger partial charge in [0.05, 0.1) is 18.8 Å². The number of nitrogens with one attached hydrogen (secondary N) is 1. The third-order valence-electron chi connectivity index (χ3n) is 3.13. The van der Waals surface area contributed by atoms with Crippen molar-refractivity contribution in [2.24, 2.45) is 0 Å². The van der Waals surface area contributed by atoms with Crippen LogP contribution < -0.4 is 5.56 Å². The summed E-state index contributed by atoms with van der Waals surface area (Å²) in [4.78, 5) is 30.7.